The van der Waals surface area contributed by atoms with Crippen LogP contribution in [0.15, 0.2) is 36.7 Å². The first kappa shape index (κ1) is 12.2. The molecule has 1 atom stereocenters. The van der Waals surface area contributed by atoms with Crippen LogP contribution in [0.5, 0.6) is 0 Å². The summed E-state index contributed by atoms with van der Waals surface area (Å²) in [6.45, 7) is 4.49. The number of hydrogen-bond donors (Lipinski definition) is 1. The van der Waals surface area contributed by atoms with Crippen LogP contribution in [-0.2, 0) is 17.7 Å². The molecule has 1 aliphatic rings. The fraction of sp³-hybridized carbons (Fsp3) is 0.400. The molecule has 0 saturated heterocycles. The average Bonchev–Trinajstić information content (AvgIpc) is 2.84. The Hall–Kier alpha value is -1.81. The predicted octanol–water partition coefficient (Wildman–Crippen LogP) is 2.24. The fourth-order valence-corrected chi connectivity index (χ4v) is 2.49. The molecule has 3 rings (SSSR count). The van der Waals surface area contributed by atoms with Crippen LogP contribution in [0.3, 0.4) is 0 Å². The van der Waals surface area contributed by atoms with Crippen molar-refractivity contribution in [1.29, 1.82) is 0 Å². The van der Waals surface area contributed by atoms with Gasteiger partial charge in [-0.25, -0.2) is 4.98 Å². The third-order valence-corrected chi connectivity index (χ3v) is 3.59. The third kappa shape index (κ3) is 2.79. The largest absolute Gasteiger partial charge is 0.382 e. The van der Waals surface area contributed by atoms with E-state index in [-0.39, 0.29) is 6.10 Å². The van der Waals surface area contributed by atoms with Gasteiger partial charge in [0.25, 0.3) is 0 Å². The average molecular weight is 257 g/mol. The molecule has 0 saturated carbocycles. The lowest BCUT2D eigenvalue weighted by atomic mass is 10.0. The fourth-order valence-electron chi connectivity index (χ4n) is 2.49. The van der Waals surface area contributed by atoms with E-state index in [1.165, 1.54) is 11.3 Å². The minimum atomic E-state index is 0.263. The summed E-state index contributed by atoms with van der Waals surface area (Å²) in [5, 5.41) is 3.42. The summed E-state index contributed by atoms with van der Waals surface area (Å²) < 4.78 is 8.07. The van der Waals surface area contributed by atoms with Crippen molar-refractivity contribution >= 4 is 5.69 Å². The number of fused-ring (bicyclic) bond motifs is 1. The minimum absolute atomic E-state index is 0.263. The molecule has 0 spiro atoms. The van der Waals surface area contributed by atoms with Crippen molar-refractivity contribution in [3.05, 3.63) is 48.0 Å². The molecule has 0 amide bonds. The summed E-state index contributed by atoms with van der Waals surface area (Å²) in [5.74, 6) is 1.04. The Labute approximate surface area is 113 Å². The van der Waals surface area contributed by atoms with Crippen LogP contribution in [-0.4, -0.2) is 28.8 Å². The summed E-state index contributed by atoms with van der Waals surface area (Å²) >= 11 is 0. The number of rotatable bonds is 4. The van der Waals surface area contributed by atoms with Crippen molar-refractivity contribution in [2.24, 2.45) is 0 Å². The van der Waals surface area contributed by atoms with Crippen molar-refractivity contribution in [1.82, 2.24) is 9.55 Å². The smallest absolute Gasteiger partial charge is 0.105 e. The van der Waals surface area contributed by atoms with Gasteiger partial charge in [-0.3, -0.25) is 0 Å². The van der Waals surface area contributed by atoms with Crippen molar-refractivity contribution in [2.75, 3.05) is 18.5 Å². The highest BCUT2D eigenvalue weighted by Crippen LogP contribution is 2.22. The summed E-state index contributed by atoms with van der Waals surface area (Å²) in [4.78, 5) is 4.21. The summed E-state index contributed by atoms with van der Waals surface area (Å²) in [5.41, 5.74) is 2.59. The first-order valence-corrected chi connectivity index (χ1v) is 6.74. The Morgan fingerprint density at radius 2 is 2.32 bits per heavy atom. The lowest BCUT2D eigenvalue weighted by Crippen LogP contribution is -2.31. The first-order chi connectivity index (χ1) is 9.33. The predicted molar refractivity (Wildman–Crippen MR) is 75.3 cm³/mol. The maximum absolute atomic E-state index is 5.96. The Kier molecular flexibility index (Phi) is 3.51. The molecule has 0 fully saturated rings. The van der Waals surface area contributed by atoms with E-state index in [1.54, 1.807) is 0 Å². The second-order valence-electron chi connectivity index (χ2n) is 4.90. The molecular weight excluding hydrogens is 238 g/mol. The lowest BCUT2D eigenvalue weighted by molar-refractivity contribution is 0.0546. The van der Waals surface area contributed by atoms with E-state index < -0.39 is 0 Å². The van der Waals surface area contributed by atoms with Crippen LogP contribution in [0.4, 0.5) is 5.69 Å². The summed E-state index contributed by atoms with van der Waals surface area (Å²) in [6.07, 6.45) is 5.08. The quantitative estimate of drug-likeness (QED) is 0.913. The Morgan fingerprint density at radius 3 is 3.16 bits per heavy atom. The van der Waals surface area contributed by atoms with Gasteiger partial charge in [0.15, 0.2) is 0 Å². The molecule has 19 heavy (non-hydrogen) atoms. The third-order valence-electron chi connectivity index (χ3n) is 3.59. The number of ether oxygens (including phenoxy) is 1. The van der Waals surface area contributed by atoms with Crippen molar-refractivity contribution < 1.29 is 4.74 Å². The maximum atomic E-state index is 5.96. The Bertz CT molecular complexity index is 550. The number of nitrogens with one attached hydrogen (secondary N) is 1. The van der Waals surface area contributed by atoms with Gasteiger partial charge < -0.3 is 14.6 Å². The zero-order valence-electron chi connectivity index (χ0n) is 11.2. The number of benzene rings is 1. The van der Waals surface area contributed by atoms with Gasteiger partial charge in [-0.15, -0.1) is 0 Å². The van der Waals surface area contributed by atoms with Gasteiger partial charge in [-0.1, -0.05) is 18.2 Å². The van der Waals surface area contributed by atoms with Gasteiger partial charge >= 0.3 is 0 Å². The molecule has 4 nitrogen and oxygen atoms in total. The molecular formula is C15H19N3O. The van der Waals surface area contributed by atoms with Gasteiger partial charge in [0.05, 0.1) is 12.7 Å². The second-order valence-corrected chi connectivity index (χ2v) is 4.90. The molecule has 100 valence electrons. The minimum Gasteiger partial charge on any atom is -0.382 e. The zero-order chi connectivity index (χ0) is 13.1. The number of aromatic nitrogens is 2. The van der Waals surface area contributed by atoms with E-state index in [9.17, 15) is 0 Å². The van der Waals surface area contributed by atoms with Crippen molar-refractivity contribution in [3.8, 4) is 0 Å². The molecule has 1 N–H and O–H groups in total. The normalized spacial score (nSPS) is 17.8. The van der Waals surface area contributed by atoms with E-state index >= 15 is 0 Å². The Balaban J connectivity index is 1.51. The maximum Gasteiger partial charge on any atom is 0.105 e. The molecule has 1 aliphatic heterocycles. The van der Waals surface area contributed by atoms with Gasteiger partial charge in [-0.05, 0) is 18.6 Å². The number of nitrogens with zero attached hydrogens (tertiary/aromatic N) is 2. The molecule has 1 aromatic heterocycles. The molecule has 2 heterocycles. The van der Waals surface area contributed by atoms with Gasteiger partial charge in [0.1, 0.15) is 5.82 Å². The van der Waals surface area contributed by atoms with E-state index in [4.69, 9.17) is 4.74 Å². The molecule has 1 unspecified atom stereocenters. The van der Waals surface area contributed by atoms with E-state index in [1.807, 2.05) is 19.3 Å². The molecule has 4 heteroatoms. The van der Waals surface area contributed by atoms with E-state index in [0.717, 1.165) is 31.9 Å². The van der Waals surface area contributed by atoms with Crippen LogP contribution < -0.4 is 5.32 Å². The molecule has 0 bridgehead atoms. The topological polar surface area (TPSA) is 39.1 Å². The van der Waals surface area contributed by atoms with Crippen LogP contribution >= 0.6 is 0 Å². The number of para-hydroxylation sites is 1. The number of anilines is 1. The number of aryl methyl sites for hydroxylation is 1. The lowest BCUT2D eigenvalue weighted by Gasteiger charge is -2.26. The molecule has 1 aromatic carbocycles. The zero-order valence-corrected chi connectivity index (χ0v) is 11.2. The summed E-state index contributed by atoms with van der Waals surface area (Å²) in [7, 11) is 0. The van der Waals surface area contributed by atoms with Gasteiger partial charge in [0, 0.05) is 37.6 Å². The van der Waals surface area contributed by atoms with E-state index in [2.05, 4.69) is 39.1 Å². The number of hydrogen-bond acceptors (Lipinski definition) is 3. The van der Waals surface area contributed by atoms with Gasteiger partial charge in [0.2, 0.25) is 0 Å². The highest BCUT2D eigenvalue weighted by Gasteiger charge is 2.17. The molecule has 2 aromatic rings. The summed E-state index contributed by atoms with van der Waals surface area (Å²) in [6, 6.07) is 8.44. The monoisotopic (exact) mass is 257 g/mol. The highest BCUT2D eigenvalue weighted by molar-refractivity contribution is 5.53. The second kappa shape index (κ2) is 5.45. The molecule has 0 radical (unpaired) electrons. The standard InChI is InChI=1S/C15H19N3O/c1-12-16-6-7-18(12)8-9-19-14-10-13-4-2-3-5-15(13)17-11-14/h2-7,14,17H,8-11H2,1H3. The number of imidazole rings is 1. The van der Waals surface area contributed by atoms with Crippen molar-refractivity contribution in [2.45, 2.75) is 26.0 Å². The SMILES string of the molecule is Cc1nccn1CCOC1CNc2ccccc2C1. The highest BCUT2D eigenvalue weighted by atomic mass is 16.5. The van der Waals surface area contributed by atoms with Crippen molar-refractivity contribution in [3.63, 3.8) is 0 Å². The van der Waals surface area contributed by atoms with E-state index in [0.29, 0.717) is 0 Å². The Morgan fingerprint density at radius 1 is 1.42 bits per heavy atom. The van der Waals surface area contributed by atoms with Gasteiger partial charge in [-0.2, -0.15) is 0 Å². The van der Waals surface area contributed by atoms with Crippen LogP contribution in [0.25, 0.3) is 0 Å². The first-order valence-electron chi connectivity index (χ1n) is 6.74. The van der Waals surface area contributed by atoms with Crippen LogP contribution in [0.1, 0.15) is 11.4 Å². The molecule has 0 aliphatic carbocycles. The van der Waals surface area contributed by atoms with Crippen LogP contribution in [0.2, 0.25) is 0 Å². The van der Waals surface area contributed by atoms with Crippen LogP contribution in [0, 0.1) is 6.92 Å².